The Labute approximate surface area is 106 Å². The molecule has 0 aliphatic rings. The molecule has 1 aromatic rings. The maximum absolute atomic E-state index is 11.9. The number of halogens is 3. The third-order valence-corrected chi connectivity index (χ3v) is 2.69. The minimum atomic E-state index is -4.28. The van der Waals surface area contributed by atoms with Crippen LogP contribution in [0.15, 0.2) is 11.4 Å². The Hall–Kier alpha value is -1.52. The summed E-state index contributed by atoms with van der Waals surface area (Å²) in [6.45, 7) is -0.735. The highest BCUT2D eigenvalue weighted by Gasteiger charge is 2.26. The Morgan fingerprint density at radius 2 is 2.22 bits per heavy atom. The van der Waals surface area contributed by atoms with Gasteiger partial charge in [-0.3, -0.25) is 4.79 Å². The van der Waals surface area contributed by atoms with E-state index in [1.54, 1.807) is 0 Å². The van der Waals surface area contributed by atoms with Crippen LogP contribution >= 0.6 is 11.3 Å². The van der Waals surface area contributed by atoms with Crippen LogP contribution in [0, 0.1) is 11.8 Å². The molecule has 7 heteroatoms. The molecule has 2 N–H and O–H groups in total. The fourth-order valence-electron chi connectivity index (χ4n) is 1.07. The van der Waals surface area contributed by atoms with Crippen molar-refractivity contribution in [1.29, 1.82) is 0 Å². The van der Waals surface area contributed by atoms with E-state index in [0.29, 0.717) is 4.88 Å². The maximum atomic E-state index is 11.9. The monoisotopic (exact) mass is 277 g/mol. The average molecular weight is 277 g/mol. The number of nitrogens with one attached hydrogen (secondary N) is 1. The highest BCUT2D eigenvalue weighted by atomic mass is 32.1. The average Bonchev–Trinajstić information content (AvgIpc) is 2.73. The summed E-state index contributed by atoms with van der Waals surface area (Å²) in [4.78, 5) is 12.0. The predicted molar refractivity (Wildman–Crippen MR) is 61.3 cm³/mol. The first-order valence-electron chi connectivity index (χ1n) is 4.95. The minimum Gasteiger partial charge on any atom is -0.384 e. The maximum Gasteiger partial charge on any atom is 0.390 e. The fourth-order valence-corrected chi connectivity index (χ4v) is 1.82. The number of hydrogen-bond acceptors (Lipinski definition) is 3. The van der Waals surface area contributed by atoms with Gasteiger partial charge in [0.05, 0.1) is 16.9 Å². The van der Waals surface area contributed by atoms with Gasteiger partial charge in [0.25, 0.3) is 5.91 Å². The topological polar surface area (TPSA) is 49.3 Å². The highest BCUT2D eigenvalue weighted by Crippen LogP contribution is 2.18. The molecule has 1 amide bonds. The zero-order chi connectivity index (χ0) is 13.6. The van der Waals surface area contributed by atoms with Gasteiger partial charge in [0, 0.05) is 11.9 Å². The summed E-state index contributed by atoms with van der Waals surface area (Å²) in [7, 11) is 0. The molecule has 1 heterocycles. The van der Waals surface area contributed by atoms with Crippen LogP contribution in [0.5, 0.6) is 0 Å². The number of thiophene rings is 1. The summed E-state index contributed by atoms with van der Waals surface area (Å²) < 4.78 is 35.6. The largest absolute Gasteiger partial charge is 0.390 e. The lowest BCUT2D eigenvalue weighted by Gasteiger charge is -2.06. The molecular weight excluding hydrogens is 267 g/mol. The first-order valence-corrected chi connectivity index (χ1v) is 5.83. The van der Waals surface area contributed by atoms with Gasteiger partial charge in [-0.15, -0.1) is 11.3 Å². The molecule has 0 bridgehead atoms. The molecule has 98 valence electrons. The number of alkyl halides is 3. The Bertz CT molecular complexity index is 471. The quantitative estimate of drug-likeness (QED) is 0.827. The number of carbonyl (C=O) groups is 1. The van der Waals surface area contributed by atoms with Crippen LogP contribution in [0.25, 0.3) is 0 Å². The predicted octanol–water partition coefficient (Wildman–Crippen LogP) is 1.77. The van der Waals surface area contributed by atoms with E-state index >= 15 is 0 Å². The molecule has 18 heavy (non-hydrogen) atoms. The van der Waals surface area contributed by atoms with Gasteiger partial charge in [-0.2, -0.15) is 13.2 Å². The van der Waals surface area contributed by atoms with Crippen molar-refractivity contribution in [3.63, 3.8) is 0 Å². The van der Waals surface area contributed by atoms with E-state index in [9.17, 15) is 18.0 Å². The second-order valence-electron chi connectivity index (χ2n) is 3.28. The summed E-state index contributed by atoms with van der Waals surface area (Å²) in [6, 6.07) is 1.47. The van der Waals surface area contributed by atoms with Crippen molar-refractivity contribution >= 4 is 17.2 Å². The molecule has 1 aromatic heterocycles. The first-order chi connectivity index (χ1) is 8.42. The molecule has 0 saturated heterocycles. The summed E-state index contributed by atoms with van der Waals surface area (Å²) in [5.74, 6) is 4.46. The van der Waals surface area contributed by atoms with E-state index in [-0.39, 0.29) is 12.2 Å². The van der Waals surface area contributed by atoms with Gasteiger partial charge in [0.2, 0.25) is 0 Å². The number of aliphatic hydroxyl groups is 1. The van der Waals surface area contributed by atoms with Crippen LogP contribution in [-0.4, -0.2) is 30.3 Å². The minimum absolute atomic E-state index is 0.268. The summed E-state index contributed by atoms with van der Waals surface area (Å²) in [5.41, 5.74) is 0.268. The molecule has 0 aliphatic heterocycles. The normalized spacial score (nSPS) is 10.7. The number of carbonyl (C=O) groups excluding carboxylic acids is 1. The van der Waals surface area contributed by atoms with E-state index in [1.165, 1.54) is 22.8 Å². The zero-order valence-electron chi connectivity index (χ0n) is 9.17. The second-order valence-corrected chi connectivity index (χ2v) is 4.19. The van der Waals surface area contributed by atoms with Crippen molar-refractivity contribution in [1.82, 2.24) is 5.32 Å². The molecule has 1 rings (SSSR count). The van der Waals surface area contributed by atoms with Gasteiger partial charge in [0.15, 0.2) is 0 Å². The van der Waals surface area contributed by atoms with E-state index in [1.807, 2.05) is 0 Å². The van der Waals surface area contributed by atoms with Crippen molar-refractivity contribution < 1.29 is 23.1 Å². The van der Waals surface area contributed by atoms with E-state index in [0.717, 1.165) is 0 Å². The zero-order valence-corrected chi connectivity index (χ0v) is 9.99. The highest BCUT2D eigenvalue weighted by molar-refractivity contribution is 7.10. The summed E-state index contributed by atoms with van der Waals surface area (Å²) >= 11 is 1.19. The lowest BCUT2D eigenvalue weighted by Crippen LogP contribution is -2.27. The van der Waals surface area contributed by atoms with Crippen LogP contribution in [0.4, 0.5) is 13.2 Å². The Morgan fingerprint density at radius 3 is 2.83 bits per heavy atom. The molecule has 0 radical (unpaired) electrons. The lowest BCUT2D eigenvalue weighted by atomic mass is 10.3. The Kier molecular flexibility index (Phi) is 5.19. The number of hydrogen-bond donors (Lipinski definition) is 2. The smallest absolute Gasteiger partial charge is 0.384 e. The molecule has 0 fully saturated rings. The number of amides is 1. The van der Waals surface area contributed by atoms with Gasteiger partial charge < -0.3 is 10.4 Å². The van der Waals surface area contributed by atoms with Crippen molar-refractivity contribution in [3.8, 4) is 11.8 Å². The van der Waals surface area contributed by atoms with Crippen molar-refractivity contribution in [2.75, 3.05) is 13.2 Å². The Balaban J connectivity index is 2.49. The fraction of sp³-hybridized carbons (Fsp3) is 0.364. The molecule has 0 unspecified atom stereocenters. The molecule has 0 saturated carbocycles. The number of aliphatic hydroxyl groups excluding tert-OH is 1. The van der Waals surface area contributed by atoms with E-state index in [2.05, 4.69) is 17.2 Å². The van der Waals surface area contributed by atoms with Crippen LogP contribution in [0.1, 0.15) is 21.7 Å². The Morgan fingerprint density at radius 1 is 1.50 bits per heavy atom. The molecule has 0 atom stereocenters. The van der Waals surface area contributed by atoms with E-state index in [4.69, 9.17) is 5.11 Å². The molecular formula is C11H10F3NO2S. The molecule has 0 aliphatic carbocycles. The standard InChI is InChI=1S/C11H10F3NO2S/c12-11(13,14)3-4-15-10(17)8-6-9(18-7-8)2-1-5-16/h6-7,16H,3-5H2,(H,15,17). The van der Waals surface area contributed by atoms with Crippen LogP contribution in [0.3, 0.4) is 0 Å². The number of rotatable bonds is 3. The van der Waals surface area contributed by atoms with Crippen molar-refractivity contribution in [2.45, 2.75) is 12.6 Å². The van der Waals surface area contributed by atoms with Crippen molar-refractivity contribution in [3.05, 3.63) is 21.9 Å². The van der Waals surface area contributed by atoms with Gasteiger partial charge >= 0.3 is 6.18 Å². The molecule has 0 spiro atoms. The van der Waals surface area contributed by atoms with Gasteiger partial charge in [0.1, 0.15) is 6.61 Å². The van der Waals surface area contributed by atoms with Crippen LogP contribution in [0.2, 0.25) is 0 Å². The summed E-state index contributed by atoms with van der Waals surface area (Å²) in [5, 5.41) is 12.2. The lowest BCUT2D eigenvalue weighted by molar-refractivity contribution is -0.132. The van der Waals surface area contributed by atoms with Gasteiger partial charge in [-0.25, -0.2) is 0 Å². The molecule has 3 nitrogen and oxygen atoms in total. The second kappa shape index (κ2) is 6.42. The van der Waals surface area contributed by atoms with Crippen LogP contribution in [-0.2, 0) is 0 Å². The SMILES string of the molecule is O=C(NCCC(F)(F)F)c1csc(C#CCO)c1. The first kappa shape index (κ1) is 14.5. The third-order valence-electron chi connectivity index (χ3n) is 1.85. The van der Waals surface area contributed by atoms with Gasteiger partial charge in [-0.1, -0.05) is 11.8 Å². The van der Waals surface area contributed by atoms with Crippen molar-refractivity contribution in [2.24, 2.45) is 0 Å². The van der Waals surface area contributed by atoms with E-state index < -0.39 is 25.0 Å². The third kappa shape index (κ3) is 5.21. The van der Waals surface area contributed by atoms with Crippen LogP contribution < -0.4 is 5.32 Å². The van der Waals surface area contributed by atoms with Gasteiger partial charge in [-0.05, 0) is 6.07 Å². The molecule has 0 aromatic carbocycles. The summed E-state index contributed by atoms with van der Waals surface area (Å²) in [6.07, 6.45) is -5.33.